The van der Waals surface area contributed by atoms with Gasteiger partial charge in [-0.2, -0.15) is 0 Å². The summed E-state index contributed by atoms with van der Waals surface area (Å²) >= 11 is 1.40. The maximum absolute atomic E-state index is 12.4. The van der Waals surface area contributed by atoms with E-state index in [1.165, 1.54) is 23.3 Å². The second kappa shape index (κ2) is 9.32. The van der Waals surface area contributed by atoms with Crippen molar-refractivity contribution in [3.8, 4) is 10.6 Å². The van der Waals surface area contributed by atoms with Gasteiger partial charge in [-0.3, -0.25) is 4.79 Å². The number of carbonyl (C=O) groups excluding carboxylic acids is 2. The molecule has 1 N–H and O–H groups in total. The van der Waals surface area contributed by atoms with Gasteiger partial charge in [0, 0.05) is 17.0 Å². The third-order valence-electron chi connectivity index (χ3n) is 5.41. The highest BCUT2D eigenvalue weighted by Gasteiger charge is 2.27. The number of aromatic nitrogens is 1. The smallest absolute Gasteiger partial charge is 0.358 e. The van der Waals surface area contributed by atoms with Gasteiger partial charge in [0.25, 0.3) is 5.91 Å². The van der Waals surface area contributed by atoms with Crippen LogP contribution >= 0.6 is 11.3 Å². The highest BCUT2D eigenvalue weighted by atomic mass is 32.1. The third kappa shape index (κ3) is 4.98. The zero-order valence-corrected chi connectivity index (χ0v) is 17.6. The zero-order chi connectivity index (χ0) is 20.1. The van der Waals surface area contributed by atoms with Gasteiger partial charge in [-0.25, -0.2) is 9.78 Å². The number of nitrogens with zero attached hydrogens (tertiary/aromatic N) is 1. The largest absolute Gasteiger partial charge is 0.448 e. The highest BCUT2D eigenvalue weighted by Crippen LogP contribution is 2.25. The molecular formula is C22H28N2O3S. The fourth-order valence-electron chi connectivity index (χ4n) is 3.49. The predicted molar refractivity (Wildman–Crippen MR) is 111 cm³/mol. The summed E-state index contributed by atoms with van der Waals surface area (Å²) < 4.78 is 5.35. The standard InChI is InChI=1S/C22H28N2O3S/c1-4-16-9-11-17(12-10-16)21-24-19(13-28-21)22(26)27-15(3)20(25)23-18-8-6-5-7-14(18)2/h9-15,18H,4-8H2,1-3H3,(H,23,25)/t14-,15+,18+/m0/s1. The Labute approximate surface area is 170 Å². The molecule has 1 aliphatic rings. The van der Waals surface area contributed by atoms with Crippen LogP contribution in [0.5, 0.6) is 0 Å². The molecular weight excluding hydrogens is 372 g/mol. The molecule has 5 nitrogen and oxygen atoms in total. The molecule has 28 heavy (non-hydrogen) atoms. The molecule has 1 aromatic heterocycles. The Balaban J connectivity index is 1.58. The quantitative estimate of drug-likeness (QED) is 0.719. The van der Waals surface area contributed by atoms with E-state index < -0.39 is 12.1 Å². The van der Waals surface area contributed by atoms with Crippen molar-refractivity contribution in [1.29, 1.82) is 0 Å². The van der Waals surface area contributed by atoms with Crippen LogP contribution in [0.1, 0.15) is 62.5 Å². The molecule has 0 unspecified atom stereocenters. The van der Waals surface area contributed by atoms with Crippen molar-refractivity contribution < 1.29 is 14.3 Å². The normalized spacial score (nSPS) is 20.4. The molecule has 6 heteroatoms. The maximum Gasteiger partial charge on any atom is 0.358 e. The summed E-state index contributed by atoms with van der Waals surface area (Å²) in [6.07, 6.45) is 4.60. The van der Waals surface area contributed by atoms with E-state index in [-0.39, 0.29) is 17.6 Å². The van der Waals surface area contributed by atoms with E-state index in [9.17, 15) is 9.59 Å². The average molecular weight is 401 g/mol. The molecule has 1 amide bonds. The molecule has 0 aliphatic heterocycles. The van der Waals surface area contributed by atoms with Crippen molar-refractivity contribution in [2.24, 2.45) is 5.92 Å². The van der Waals surface area contributed by atoms with Crippen molar-refractivity contribution in [2.75, 3.05) is 0 Å². The van der Waals surface area contributed by atoms with Crippen LogP contribution in [-0.2, 0) is 16.0 Å². The number of ether oxygens (including phenoxy) is 1. The van der Waals surface area contributed by atoms with E-state index in [2.05, 4.69) is 36.3 Å². The highest BCUT2D eigenvalue weighted by molar-refractivity contribution is 7.13. The van der Waals surface area contributed by atoms with Gasteiger partial charge >= 0.3 is 5.97 Å². The van der Waals surface area contributed by atoms with Gasteiger partial charge in [0.1, 0.15) is 5.01 Å². The van der Waals surface area contributed by atoms with Crippen molar-refractivity contribution in [2.45, 2.75) is 65.0 Å². The van der Waals surface area contributed by atoms with Crippen LogP contribution in [0.15, 0.2) is 29.6 Å². The van der Waals surface area contributed by atoms with Crippen LogP contribution in [0.3, 0.4) is 0 Å². The van der Waals surface area contributed by atoms with Gasteiger partial charge in [-0.15, -0.1) is 11.3 Å². The number of hydrogen-bond acceptors (Lipinski definition) is 5. The lowest BCUT2D eigenvalue weighted by atomic mass is 9.86. The van der Waals surface area contributed by atoms with Crippen LogP contribution < -0.4 is 5.32 Å². The van der Waals surface area contributed by atoms with E-state index in [4.69, 9.17) is 4.74 Å². The molecule has 0 saturated heterocycles. The van der Waals surface area contributed by atoms with Gasteiger partial charge in [0.15, 0.2) is 11.8 Å². The number of thiazole rings is 1. The van der Waals surface area contributed by atoms with Crippen LogP contribution in [0, 0.1) is 5.92 Å². The molecule has 1 heterocycles. The first-order chi connectivity index (χ1) is 13.5. The van der Waals surface area contributed by atoms with E-state index in [1.807, 2.05) is 12.1 Å². The monoisotopic (exact) mass is 400 g/mol. The minimum absolute atomic E-state index is 0.166. The Morgan fingerprint density at radius 1 is 1.25 bits per heavy atom. The van der Waals surface area contributed by atoms with E-state index in [0.717, 1.165) is 36.3 Å². The van der Waals surface area contributed by atoms with Crippen LogP contribution in [-0.4, -0.2) is 29.0 Å². The van der Waals surface area contributed by atoms with Crippen LogP contribution in [0.25, 0.3) is 10.6 Å². The Morgan fingerprint density at radius 2 is 1.96 bits per heavy atom. The molecule has 0 bridgehead atoms. The predicted octanol–water partition coefficient (Wildman–Crippen LogP) is 4.61. The molecule has 0 spiro atoms. The van der Waals surface area contributed by atoms with Gasteiger partial charge in [-0.1, -0.05) is 51.0 Å². The second-order valence-corrected chi connectivity index (χ2v) is 8.37. The minimum Gasteiger partial charge on any atom is -0.448 e. The summed E-state index contributed by atoms with van der Waals surface area (Å²) in [7, 11) is 0. The number of rotatable bonds is 6. The Kier molecular flexibility index (Phi) is 6.83. The molecule has 0 radical (unpaired) electrons. The molecule has 1 fully saturated rings. The molecule has 1 aliphatic carbocycles. The fourth-order valence-corrected chi connectivity index (χ4v) is 4.28. The topological polar surface area (TPSA) is 68.3 Å². The van der Waals surface area contributed by atoms with E-state index in [0.29, 0.717) is 5.92 Å². The number of carbonyl (C=O) groups is 2. The first kappa shape index (κ1) is 20.5. The molecule has 2 aromatic rings. The third-order valence-corrected chi connectivity index (χ3v) is 6.31. The van der Waals surface area contributed by atoms with Crippen molar-refractivity contribution in [3.63, 3.8) is 0 Å². The average Bonchev–Trinajstić information content (AvgIpc) is 3.20. The van der Waals surface area contributed by atoms with Crippen molar-refractivity contribution in [1.82, 2.24) is 10.3 Å². The first-order valence-electron chi connectivity index (χ1n) is 10.0. The van der Waals surface area contributed by atoms with Crippen LogP contribution in [0.2, 0.25) is 0 Å². The molecule has 1 saturated carbocycles. The lowest BCUT2D eigenvalue weighted by Crippen LogP contribution is -2.46. The number of hydrogen-bond donors (Lipinski definition) is 1. The minimum atomic E-state index is -0.837. The number of benzene rings is 1. The van der Waals surface area contributed by atoms with Gasteiger partial charge < -0.3 is 10.1 Å². The summed E-state index contributed by atoms with van der Waals surface area (Å²) in [5.74, 6) is -0.342. The summed E-state index contributed by atoms with van der Waals surface area (Å²) in [5.41, 5.74) is 2.47. The fraction of sp³-hybridized carbons (Fsp3) is 0.500. The molecule has 1 aromatic carbocycles. The summed E-state index contributed by atoms with van der Waals surface area (Å²) in [6, 6.07) is 8.31. The maximum atomic E-state index is 12.4. The molecule has 3 rings (SSSR count). The first-order valence-corrected chi connectivity index (χ1v) is 10.9. The Bertz CT molecular complexity index is 815. The Morgan fingerprint density at radius 3 is 2.64 bits per heavy atom. The summed E-state index contributed by atoms with van der Waals surface area (Å²) in [6.45, 7) is 5.88. The van der Waals surface area contributed by atoms with Gasteiger partial charge in [0.2, 0.25) is 0 Å². The Hall–Kier alpha value is -2.21. The second-order valence-electron chi connectivity index (χ2n) is 7.51. The van der Waals surface area contributed by atoms with Gasteiger partial charge in [0.05, 0.1) is 0 Å². The number of aryl methyl sites for hydroxylation is 1. The van der Waals surface area contributed by atoms with Crippen molar-refractivity contribution >= 4 is 23.2 Å². The lowest BCUT2D eigenvalue weighted by Gasteiger charge is -2.30. The summed E-state index contributed by atoms with van der Waals surface area (Å²) in [4.78, 5) is 29.2. The zero-order valence-electron chi connectivity index (χ0n) is 16.7. The van der Waals surface area contributed by atoms with Crippen molar-refractivity contribution in [3.05, 3.63) is 40.9 Å². The molecule has 150 valence electrons. The SMILES string of the molecule is CCc1ccc(-c2nc(C(=O)O[C@H](C)C(=O)N[C@@H]3CCCC[C@@H]3C)cs2)cc1. The van der Waals surface area contributed by atoms with Gasteiger partial charge in [-0.05, 0) is 37.7 Å². The summed E-state index contributed by atoms with van der Waals surface area (Å²) in [5, 5.41) is 5.48. The number of amides is 1. The van der Waals surface area contributed by atoms with E-state index >= 15 is 0 Å². The van der Waals surface area contributed by atoms with Crippen LogP contribution in [0.4, 0.5) is 0 Å². The van der Waals surface area contributed by atoms with E-state index in [1.54, 1.807) is 12.3 Å². The number of esters is 1. The number of nitrogens with one attached hydrogen (secondary N) is 1. The lowest BCUT2D eigenvalue weighted by molar-refractivity contribution is -0.130. The molecule has 3 atom stereocenters.